The van der Waals surface area contributed by atoms with Gasteiger partial charge in [-0.2, -0.15) is 0 Å². The summed E-state index contributed by atoms with van der Waals surface area (Å²) in [6.07, 6.45) is 1.94. The molecule has 2 aliphatic rings. The molecule has 0 atom stereocenters. The average Bonchev–Trinajstić information content (AvgIpc) is 3.38. The second kappa shape index (κ2) is 7.73. The van der Waals surface area contributed by atoms with Gasteiger partial charge in [-0.25, -0.2) is 4.98 Å². The number of carbonyl (C=O) groups is 1. The molecule has 0 aliphatic carbocycles. The molecule has 0 unspecified atom stereocenters. The van der Waals surface area contributed by atoms with E-state index >= 15 is 0 Å². The maximum atomic E-state index is 13.1. The molecule has 8 heteroatoms. The lowest BCUT2D eigenvalue weighted by atomic mass is 10.2. The smallest absolute Gasteiger partial charge is 0.274 e. The maximum Gasteiger partial charge on any atom is 0.274 e. The highest BCUT2D eigenvalue weighted by molar-refractivity contribution is 5.94. The predicted molar refractivity (Wildman–Crippen MR) is 105 cm³/mol. The molecule has 5 rings (SSSR count). The quantitative estimate of drug-likeness (QED) is 0.712. The first-order chi connectivity index (χ1) is 14.3. The Labute approximate surface area is 168 Å². The van der Waals surface area contributed by atoms with Crippen LogP contribution in [0.15, 0.2) is 42.6 Å². The Bertz CT molecular complexity index is 1040. The fraction of sp³-hybridized carbons (Fsp3) is 0.333. The minimum Gasteiger partial charge on any atom is -0.454 e. The molecule has 1 fully saturated rings. The molecule has 29 heavy (non-hydrogen) atoms. The first kappa shape index (κ1) is 18.0. The number of carbonyl (C=O) groups excluding carboxylic acids is 1. The van der Waals surface area contributed by atoms with Gasteiger partial charge in [0, 0.05) is 32.4 Å². The summed E-state index contributed by atoms with van der Waals surface area (Å²) in [5.41, 5.74) is 3.21. The van der Waals surface area contributed by atoms with Crippen LogP contribution in [0.5, 0.6) is 11.5 Å². The monoisotopic (exact) mass is 394 g/mol. The molecule has 1 saturated heterocycles. The number of ether oxygens (including phenoxy) is 3. The summed E-state index contributed by atoms with van der Waals surface area (Å²) in [6.45, 7) is 3.75. The molecule has 2 aliphatic heterocycles. The van der Waals surface area contributed by atoms with Gasteiger partial charge in [-0.1, -0.05) is 12.1 Å². The average molecular weight is 394 g/mol. The minimum absolute atomic E-state index is 0.0446. The van der Waals surface area contributed by atoms with Crippen LogP contribution in [0.25, 0.3) is 5.65 Å². The molecule has 0 bridgehead atoms. The van der Waals surface area contributed by atoms with E-state index in [1.54, 1.807) is 0 Å². The summed E-state index contributed by atoms with van der Waals surface area (Å²) < 4.78 is 18.1. The Kier molecular flexibility index (Phi) is 4.79. The summed E-state index contributed by atoms with van der Waals surface area (Å²) >= 11 is 0. The van der Waals surface area contributed by atoms with Crippen molar-refractivity contribution < 1.29 is 19.0 Å². The van der Waals surface area contributed by atoms with E-state index in [4.69, 9.17) is 14.2 Å². The number of imidazole rings is 1. The molecule has 4 heterocycles. The van der Waals surface area contributed by atoms with Crippen LogP contribution >= 0.6 is 0 Å². The zero-order chi connectivity index (χ0) is 19.6. The van der Waals surface area contributed by atoms with Crippen molar-refractivity contribution in [1.82, 2.24) is 19.6 Å². The van der Waals surface area contributed by atoms with E-state index in [1.807, 2.05) is 51.9 Å². The fourth-order valence-corrected chi connectivity index (χ4v) is 3.68. The Morgan fingerprint density at radius 1 is 1.07 bits per heavy atom. The van der Waals surface area contributed by atoms with Crippen molar-refractivity contribution in [3.63, 3.8) is 0 Å². The van der Waals surface area contributed by atoms with Gasteiger partial charge in [-0.15, -0.1) is 0 Å². The van der Waals surface area contributed by atoms with Crippen LogP contribution in [0.2, 0.25) is 0 Å². The van der Waals surface area contributed by atoms with Crippen LogP contribution in [0.1, 0.15) is 21.7 Å². The number of hydrogen-bond donors (Lipinski definition) is 1. The van der Waals surface area contributed by atoms with E-state index in [-0.39, 0.29) is 12.7 Å². The van der Waals surface area contributed by atoms with Crippen molar-refractivity contribution in [1.29, 1.82) is 0 Å². The number of benzene rings is 1. The van der Waals surface area contributed by atoms with Crippen molar-refractivity contribution in [2.75, 3.05) is 33.1 Å². The lowest BCUT2D eigenvalue weighted by Gasteiger charge is -2.26. The van der Waals surface area contributed by atoms with E-state index in [0.29, 0.717) is 45.1 Å². The molecule has 3 aromatic rings. The summed E-state index contributed by atoms with van der Waals surface area (Å²) in [4.78, 5) is 19.5. The van der Waals surface area contributed by atoms with Gasteiger partial charge in [0.25, 0.3) is 5.91 Å². The Hall–Kier alpha value is -3.10. The van der Waals surface area contributed by atoms with Gasteiger partial charge in [-0.3, -0.25) is 4.79 Å². The van der Waals surface area contributed by atoms with Crippen LogP contribution in [-0.4, -0.2) is 53.3 Å². The molecule has 2 aromatic heterocycles. The molecule has 0 saturated carbocycles. The highest BCUT2D eigenvalue weighted by Gasteiger charge is 2.25. The van der Waals surface area contributed by atoms with Crippen molar-refractivity contribution in [3.05, 3.63) is 59.5 Å². The number of hydrogen-bond acceptors (Lipinski definition) is 6. The van der Waals surface area contributed by atoms with Crippen LogP contribution in [0.3, 0.4) is 0 Å². The largest absolute Gasteiger partial charge is 0.454 e. The van der Waals surface area contributed by atoms with Crippen molar-refractivity contribution in [2.24, 2.45) is 0 Å². The van der Waals surface area contributed by atoms with Gasteiger partial charge in [-0.05, 0) is 29.8 Å². The third-order valence-corrected chi connectivity index (χ3v) is 5.19. The molecule has 1 N–H and O–H groups in total. The van der Waals surface area contributed by atoms with Gasteiger partial charge in [0.15, 0.2) is 17.2 Å². The maximum absolute atomic E-state index is 13.1. The summed E-state index contributed by atoms with van der Waals surface area (Å²) in [6, 6.07) is 11.7. The Balaban J connectivity index is 1.36. The third kappa shape index (κ3) is 3.52. The van der Waals surface area contributed by atoms with E-state index in [9.17, 15) is 4.79 Å². The zero-order valence-corrected chi connectivity index (χ0v) is 16.0. The second-order valence-corrected chi connectivity index (χ2v) is 7.03. The van der Waals surface area contributed by atoms with Crippen LogP contribution < -0.4 is 14.8 Å². The van der Waals surface area contributed by atoms with Crippen LogP contribution in [-0.2, 0) is 17.8 Å². The predicted octanol–water partition coefficient (Wildman–Crippen LogP) is 1.83. The van der Waals surface area contributed by atoms with Gasteiger partial charge >= 0.3 is 0 Å². The molecule has 8 nitrogen and oxygen atoms in total. The topological polar surface area (TPSA) is 77.3 Å². The molecule has 0 spiro atoms. The second-order valence-electron chi connectivity index (χ2n) is 7.03. The summed E-state index contributed by atoms with van der Waals surface area (Å²) in [5, 5.41) is 3.43. The number of nitrogens with one attached hydrogen (secondary N) is 1. The van der Waals surface area contributed by atoms with Gasteiger partial charge in [0.2, 0.25) is 6.79 Å². The highest BCUT2D eigenvalue weighted by Crippen LogP contribution is 2.32. The number of rotatable bonds is 5. The highest BCUT2D eigenvalue weighted by atomic mass is 16.7. The van der Waals surface area contributed by atoms with E-state index in [0.717, 1.165) is 28.4 Å². The number of morpholine rings is 1. The summed E-state index contributed by atoms with van der Waals surface area (Å²) in [7, 11) is 0. The Morgan fingerprint density at radius 3 is 2.83 bits per heavy atom. The minimum atomic E-state index is -0.0446. The fourth-order valence-electron chi connectivity index (χ4n) is 3.68. The van der Waals surface area contributed by atoms with Gasteiger partial charge < -0.3 is 28.8 Å². The van der Waals surface area contributed by atoms with Crippen molar-refractivity contribution in [3.8, 4) is 11.5 Å². The molecule has 0 radical (unpaired) electrons. The lowest BCUT2D eigenvalue weighted by molar-refractivity contribution is 0.0298. The molecular weight excluding hydrogens is 372 g/mol. The number of aromatic nitrogens is 2. The number of pyridine rings is 1. The molecule has 1 aromatic carbocycles. The van der Waals surface area contributed by atoms with Crippen molar-refractivity contribution >= 4 is 11.6 Å². The zero-order valence-electron chi connectivity index (χ0n) is 16.0. The van der Waals surface area contributed by atoms with E-state index in [1.165, 1.54) is 0 Å². The normalized spacial score (nSPS) is 15.8. The number of amides is 1. The Morgan fingerprint density at radius 2 is 1.93 bits per heavy atom. The van der Waals surface area contributed by atoms with Gasteiger partial charge in [0.05, 0.1) is 18.9 Å². The standard InChI is InChI=1S/C21H22N4O4/c26-21(24-7-9-27-10-8-24)20-16(25-6-2-1-3-19(25)23-20)13-22-12-15-4-5-17-18(11-15)29-14-28-17/h1-6,11,22H,7-10,12-14H2. The first-order valence-corrected chi connectivity index (χ1v) is 9.72. The van der Waals surface area contributed by atoms with E-state index < -0.39 is 0 Å². The number of fused-ring (bicyclic) bond motifs is 2. The molecule has 150 valence electrons. The van der Waals surface area contributed by atoms with Crippen molar-refractivity contribution in [2.45, 2.75) is 13.1 Å². The molecule has 1 amide bonds. The lowest BCUT2D eigenvalue weighted by Crippen LogP contribution is -2.41. The van der Waals surface area contributed by atoms with Gasteiger partial charge in [0.1, 0.15) is 5.65 Å². The number of nitrogens with zero attached hydrogens (tertiary/aromatic N) is 3. The van der Waals surface area contributed by atoms with Crippen LogP contribution in [0, 0.1) is 0 Å². The first-order valence-electron chi connectivity index (χ1n) is 9.72. The van der Waals surface area contributed by atoms with Crippen LogP contribution in [0.4, 0.5) is 0 Å². The SMILES string of the molecule is O=C(c1nc2ccccn2c1CNCc1ccc2c(c1)OCO2)N1CCOCC1. The third-order valence-electron chi connectivity index (χ3n) is 5.19. The van der Waals surface area contributed by atoms with E-state index in [2.05, 4.69) is 10.3 Å². The molecular formula is C21H22N4O4. The summed E-state index contributed by atoms with van der Waals surface area (Å²) in [5.74, 6) is 1.49.